The summed E-state index contributed by atoms with van der Waals surface area (Å²) in [5.74, 6) is -5.62. The van der Waals surface area contributed by atoms with Crippen LogP contribution in [0.2, 0.25) is 0 Å². The lowest BCUT2D eigenvalue weighted by molar-refractivity contribution is 0.419. The maximum atomic E-state index is 13.3. The van der Waals surface area contributed by atoms with Gasteiger partial charge in [0.25, 0.3) is 0 Å². The molecule has 1 aromatic carbocycles. The van der Waals surface area contributed by atoms with Gasteiger partial charge in [0.05, 0.1) is 0 Å². The Balaban J connectivity index is 2.95. The van der Waals surface area contributed by atoms with Gasteiger partial charge in [0, 0.05) is 17.7 Å². The second-order valence-corrected chi connectivity index (χ2v) is 3.98. The molecule has 0 saturated carbocycles. The first-order valence-electron chi connectivity index (χ1n) is 5.57. The third-order valence-corrected chi connectivity index (χ3v) is 2.64. The molecule has 0 amide bonds. The molecule has 0 aliphatic rings. The topological polar surface area (TPSA) is 26.0 Å². The van der Waals surface area contributed by atoms with Crippen LogP contribution in [-0.2, 0) is 0 Å². The second kappa shape index (κ2) is 6.00. The Labute approximate surface area is 97.6 Å². The van der Waals surface area contributed by atoms with E-state index in [1.54, 1.807) is 0 Å². The first-order valence-corrected chi connectivity index (χ1v) is 5.57. The minimum absolute atomic E-state index is 0.187. The van der Waals surface area contributed by atoms with E-state index in [0.717, 1.165) is 12.8 Å². The summed E-state index contributed by atoms with van der Waals surface area (Å²) in [7, 11) is 0. The van der Waals surface area contributed by atoms with Crippen molar-refractivity contribution in [3.63, 3.8) is 0 Å². The first-order chi connectivity index (χ1) is 7.99. The van der Waals surface area contributed by atoms with Gasteiger partial charge in [-0.15, -0.1) is 0 Å². The molecule has 0 aliphatic carbocycles. The fraction of sp³-hybridized carbons (Fsp3) is 0.500. The van der Waals surface area contributed by atoms with E-state index in [-0.39, 0.29) is 6.07 Å². The number of benzene rings is 1. The van der Waals surface area contributed by atoms with Gasteiger partial charge in [-0.3, -0.25) is 0 Å². The van der Waals surface area contributed by atoms with Crippen molar-refractivity contribution in [3.8, 4) is 0 Å². The monoisotopic (exact) mass is 249 g/mol. The highest BCUT2D eigenvalue weighted by Gasteiger charge is 2.23. The Kier molecular flexibility index (Phi) is 4.93. The summed E-state index contributed by atoms with van der Waals surface area (Å²) in [6, 6.07) is -0.834. The average molecular weight is 249 g/mol. The summed E-state index contributed by atoms with van der Waals surface area (Å²) in [5.41, 5.74) is 4.87. The van der Waals surface area contributed by atoms with E-state index in [9.17, 15) is 17.6 Å². The van der Waals surface area contributed by atoms with Crippen LogP contribution in [0, 0.1) is 23.3 Å². The number of rotatable bonds is 5. The Morgan fingerprint density at radius 3 is 2.06 bits per heavy atom. The molecule has 0 spiro atoms. The van der Waals surface area contributed by atoms with Crippen molar-refractivity contribution in [1.82, 2.24) is 0 Å². The highest BCUT2D eigenvalue weighted by Crippen LogP contribution is 2.26. The van der Waals surface area contributed by atoms with E-state index in [0.29, 0.717) is 12.8 Å². The van der Waals surface area contributed by atoms with Crippen LogP contribution in [0.15, 0.2) is 6.07 Å². The molecular weight excluding hydrogens is 234 g/mol. The molecule has 1 aromatic rings. The van der Waals surface area contributed by atoms with Crippen LogP contribution in [-0.4, -0.2) is 0 Å². The van der Waals surface area contributed by atoms with Gasteiger partial charge < -0.3 is 5.73 Å². The van der Waals surface area contributed by atoms with Crippen LogP contribution in [0.4, 0.5) is 17.6 Å². The Hall–Kier alpha value is -1.10. The van der Waals surface area contributed by atoms with Gasteiger partial charge in [0.1, 0.15) is 0 Å². The van der Waals surface area contributed by atoms with Crippen molar-refractivity contribution >= 4 is 0 Å². The molecule has 1 nitrogen and oxygen atoms in total. The van der Waals surface area contributed by atoms with Crippen molar-refractivity contribution in [2.75, 3.05) is 0 Å². The van der Waals surface area contributed by atoms with Crippen LogP contribution in [0.25, 0.3) is 0 Å². The van der Waals surface area contributed by atoms with Crippen molar-refractivity contribution in [2.24, 2.45) is 5.73 Å². The minimum Gasteiger partial charge on any atom is -0.324 e. The second-order valence-electron chi connectivity index (χ2n) is 3.98. The van der Waals surface area contributed by atoms with Crippen molar-refractivity contribution in [2.45, 2.75) is 38.6 Å². The molecule has 0 saturated heterocycles. The lowest BCUT2D eigenvalue weighted by Crippen LogP contribution is -2.16. The molecule has 96 valence electrons. The number of halogens is 4. The average Bonchev–Trinajstić information content (AvgIpc) is 2.27. The molecule has 0 aromatic heterocycles. The van der Waals surface area contributed by atoms with Crippen LogP contribution in [0.3, 0.4) is 0 Å². The highest BCUT2D eigenvalue weighted by atomic mass is 19.2. The highest BCUT2D eigenvalue weighted by molar-refractivity contribution is 5.25. The lowest BCUT2D eigenvalue weighted by atomic mass is 10.00. The summed E-state index contributed by atoms with van der Waals surface area (Å²) in [6.45, 7) is 1.97. The molecule has 0 bridgehead atoms. The molecule has 0 radical (unpaired) electrons. The molecule has 5 heteroatoms. The van der Waals surface area contributed by atoms with Gasteiger partial charge in [-0.25, -0.2) is 17.6 Å². The number of hydrogen-bond acceptors (Lipinski definition) is 1. The van der Waals surface area contributed by atoms with Gasteiger partial charge >= 0.3 is 0 Å². The summed E-state index contributed by atoms with van der Waals surface area (Å²) in [4.78, 5) is 0. The summed E-state index contributed by atoms with van der Waals surface area (Å²) >= 11 is 0. The molecule has 1 atom stereocenters. The fourth-order valence-electron chi connectivity index (χ4n) is 1.68. The largest absolute Gasteiger partial charge is 0.324 e. The molecule has 0 heterocycles. The maximum Gasteiger partial charge on any atom is 0.166 e. The smallest absolute Gasteiger partial charge is 0.166 e. The van der Waals surface area contributed by atoms with Crippen molar-refractivity contribution < 1.29 is 17.6 Å². The van der Waals surface area contributed by atoms with E-state index in [1.165, 1.54) is 0 Å². The predicted octanol–water partition coefficient (Wildman–Crippen LogP) is 3.82. The summed E-state index contributed by atoms with van der Waals surface area (Å²) in [5, 5.41) is 0. The standard InChI is InChI=1S/C12H15F4N/c1-2-3-4-5-9(17)10-11(15)7(13)6-8(14)12(10)16/h6,9H,2-5,17H2,1H3/t9-/m0/s1. The Morgan fingerprint density at radius 2 is 1.59 bits per heavy atom. The van der Waals surface area contributed by atoms with Crippen molar-refractivity contribution in [1.29, 1.82) is 0 Å². The summed E-state index contributed by atoms with van der Waals surface area (Å²) in [6.07, 6.45) is 2.74. The van der Waals surface area contributed by atoms with E-state index >= 15 is 0 Å². The van der Waals surface area contributed by atoms with Crippen LogP contribution < -0.4 is 5.73 Å². The normalized spacial score (nSPS) is 12.8. The zero-order valence-corrected chi connectivity index (χ0v) is 9.57. The number of hydrogen-bond donors (Lipinski definition) is 1. The number of unbranched alkanes of at least 4 members (excludes halogenated alkanes) is 2. The van der Waals surface area contributed by atoms with Gasteiger partial charge in [-0.1, -0.05) is 26.2 Å². The predicted molar refractivity (Wildman–Crippen MR) is 57.3 cm³/mol. The third kappa shape index (κ3) is 3.19. The van der Waals surface area contributed by atoms with Crippen LogP contribution >= 0.6 is 0 Å². The molecular formula is C12H15F4N. The molecule has 2 N–H and O–H groups in total. The fourth-order valence-corrected chi connectivity index (χ4v) is 1.68. The molecule has 0 unspecified atom stereocenters. The lowest BCUT2D eigenvalue weighted by Gasteiger charge is -2.14. The zero-order valence-electron chi connectivity index (χ0n) is 9.57. The van der Waals surface area contributed by atoms with Gasteiger partial charge in [-0.2, -0.15) is 0 Å². The Bertz CT molecular complexity index is 366. The molecule has 0 aliphatic heterocycles. The van der Waals surface area contributed by atoms with E-state index < -0.39 is 34.9 Å². The van der Waals surface area contributed by atoms with Crippen molar-refractivity contribution in [3.05, 3.63) is 34.9 Å². The minimum atomic E-state index is -1.41. The van der Waals surface area contributed by atoms with E-state index in [4.69, 9.17) is 5.73 Å². The van der Waals surface area contributed by atoms with Gasteiger partial charge in [0.15, 0.2) is 23.3 Å². The third-order valence-electron chi connectivity index (χ3n) is 2.64. The van der Waals surface area contributed by atoms with E-state index in [1.807, 2.05) is 6.92 Å². The van der Waals surface area contributed by atoms with E-state index in [2.05, 4.69) is 0 Å². The molecule has 17 heavy (non-hydrogen) atoms. The van der Waals surface area contributed by atoms with Crippen LogP contribution in [0.5, 0.6) is 0 Å². The van der Waals surface area contributed by atoms with Gasteiger partial charge in [0.2, 0.25) is 0 Å². The molecule has 0 fully saturated rings. The van der Waals surface area contributed by atoms with Gasteiger partial charge in [-0.05, 0) is 6.42 Å². The SMILES string of the molecule is CCCCC[C@H](N)c1c(F)c(F)cc(F)c1F. The quantitative estimate of drug-likeness (QED) is 0.479. The first kappa shape index (κ1) is 14.0. The zero-order chi connectivity index (χ0) is 13.0. The molecule has 1 rings (SSSR count). The summed E-state index contributed by atoms with van der Waals surface area (Å²) < 4.78 is 52.5. The Morgan fingerprint density at radius 1 is 1.06 bits per heavy atom. The number of nitrogens with two attached hydrogens (primary N) is 1. The van der Waals surface area contributed by atoms with Crippen LogP contribution in [0.1, 0.15) is 44.2 Å². The maximum absolute atomic E-state index is 13.3.